The second-order valence-electron chi connectivity index (χ2n) is 3.94. The summed E-state index contributed by atoms with van der Waals surface area (Å²) in [4.78, 5) is 11.7. The Kier molecular flexibility index (Phi) is 3.69. The van der Waals surface area contributed by atoms with Crippen molar-refractivity contribution in [1.29, 1.82) is 0 Å². The van der Waals surface area contributed by atoms with E-state index < -0.39 is 17.7 Å². The number of hydrogen-bond donors (Lipinski definition) is 0. The lowest BCUT2D eigenvalue weighted by molar-refractivity contribution is 0.149. The summed E-state index contributed by atoms with van der Waals surface area (Å²) >= 11 is 0. The number of fused-ring (bicyclic) bond motifs is 1. The molecule has 2 aromatic rings. The third-order valence-electron chi connectivity index (χ3n) is 2.67. The molecule has 0 fully saturated rings. The van der Waals surface area contributed by atoms with Gasteiger partial charge in [0.25, 0.3) is 0 Å². The highest BCUT2D eigenvalue weighted by Crippen LogP contribution is 2.29. The molecule has 0 spiro atoms. The average Bonchev–Trinajstić information content (AvgIpc) is 2.85. The van der Waals surface area contributed by atoms with Gasteiger partial charge in [0.1, 0.15) is 0 Å². The topological polar surface area (TPSA) is 40.5 Å². The minimum absolute atomic E-state index is 0.0229. The highest BCUT2D eigenvalue weighted by molar-refractivity contribution is 5.91. The first-order chi connectivity index (χ1) is 9.10. The van der Waals surface area contributed by atoms with E-state index in [1.807, 2.05) is 6.92 Å². The normalized spacial score (nSPS) is 10.7. The van der Waals surface area contributed by atoms with Gasteiger partial charge < -0.3 is 9.47 Å². The molecule has 0 saturated heterocycles. The van der Waals surface area contributed by atoms with Crippen molar-refractivity contribution in [2.24, 2.45) is 0 Å². The SMILES string of the molecule is CCCOC(=O)n1ccc2c(F)c(OC)cc(F)c21. The second-order valence-corrected chi connectivity index (χ2v) is 3.94. The van der Waals surface area contributed by atoms with Crippen molar-refractivity contribution in [3.63, 3.8) is 0 Å². The molecule has 2 rings (SSSR count). The summed E-state index contributed by atoms with van der Waals surface area (Å²) in [6.07, 6.45) is 1.18. The summed E-state index contributed by atoms with van der Waals surface area (Å²) in [5.41, 5.74) is -0.153. The molecule has 6 heteroatoms. The van der Waals surface area contributed by atoms with E-state index in [2.05, 4.69) is 0 Å². The van der Waals surface area contributed by atoms with Gasteiger partial charge in [-0.05, 0) is 12.5 Å². The van der Waals surface area contributed by atoms with E-state index in [-0.39, 0.29) is 23.3 Å². The molecule has 0 atom stereocenters. The number of carbonyl (C=O) groups excluding carboxylic acids is 1. The fourth-order valence-corrected chi connectivity index (χ4v) is 1.79. The summed E-state index contributed by atoms with van der Waals surface area (Å²) in [6.45, 7) is 2.06. The molecule has 0 unspecified atom stereocenters. The van der Waals surface area contributed by atoms with Crippen molar-refractivity contribution >= 4 is 17.0 Å². The van der Waals surface area contributed by atoms with Crippen LogP contribution in [-0.2, 0) is 4.74 Å². The Hall–Kier alpha value is -2.11. The number of methoxy groups -OCH3 is 1. The van der Waals surface area contributed by atoms with Crippen LogP contribution < -0.4 is 4.74 Å². The summed E-state index contributed by atoms with van der Waals surface area (Å²) in [5.74, 6) is -1.66. The first-order valence-electron chi connectivity index (χ1n) is 5.80. The quantitative estimate of drug-likeness (QED) is 0.858. The van der Waals surface area contributed by atoms with Crippen LogP contribution in [-0.4, -0.2) is 24.4 Å². The Morgan fingerprint density at radius 3 is 2.79 bits per heavy atom. The molecular weight excluding hydrogens is 256 g/mol. The zero-order valence-corrected chi connectivity index (χ0v) is 10.6. The number of carbonyl (C=O) groups is 1. The van der Waals surface area contributed by atoms with Crippen LogP contribution in [0.25, 0.3) is 10.9 Å². The lowest BCUT2D eigenvalue weighted by Crippen LogP contribution is -2.13. The van der Waals surface area contributed by atoms with E-state index in [4.69, 9.17) is 9.47 Å². The van der Waals surface area contributed by atoms with Gasteiger partial charge in [0.15, 0.2) is 17.4 Å². The van der Waals surface area contributed by atoms with E-state index in [9.17, 15) is 13.6 Å². The van der Waals surface area contributed by atoms with Gasteiger partial charge in [0.05, 0.1) is 19.2 Å². The molecule has 0 radical (unpaired) electrons. The first-order valence-corrected chi connectivity index (χ1v) is 5.80. The number of benzene rings is 1. The fraction of sp³-hybridized carbons (Fsp3) is 0.308. The lowest BCUT2D eigenvalue weighted by Gasteiger charge is -2.07. The molecule has 19 heavy (non-hydrogen) atoms. The van der Waals surface area contributed by atoms with E-state index in [0.29, 0.717) is 6.42 Å². The largest absolute Gasteiger partial charge is 0.494 e. The van der Waals surface area contributed by atoms with Crippen molar-refractivity contribution in [3.8, 4) is 5.75 Å². The molecule has 0 N–H and O–H groups in total. The summed E-state index contributed by atoms with van der Waals surface area (Å²) in [5, 5.41) is -0.0229. The van der Waals surface area contributed by atoms with Crippen LogP contribution in [0.1, 0.15) is 13.3 Å². The molecule has 0 bridgehead atoms. The molecule has 1 aromatic carbocycles. The van der Waals surface area contributed by atoms with Gasteiger partial charge in [-0.2, -0.15) is 0 Å². The maximum absolute atomic E-state index is 13.9. The van der Waals surface area contributed by atoms with Gasteiger partial charge in [0, 0.05) is 17.6 Å². The number of ether oxygens (including phenoxy) is 2. The van der Waals surface area contributed by atoms with E-state index in [0.717, 1.165) is 10.6 Å². The molecule has 0 aliphatic rings. The minimum atomic E-state index is -0.744. The van der Waals surface area contributed by atoms with Crippen LogP contribution >= 0.6 is 0 Å². The van der Waals surface area contributed by atoms with Gasteiger partial charge in [0.2, 0.25) is 0 Å². The highest BCUT2D eigenvalue weighted by atomic mass is 19.1. The Morgan fingerprint density at radius 2 is 2.16 bits per heavy atom. The van der Waals surface area contributed by atoms with Crippen LogP contribution in [0, 0.1) is 11.6 Å². The zero-order chi connectivity index (χ0) is 14.0. The maximum atomic E-state index is 13.9. The lowest BCUT2D eigenvalue weighted by atomic mass is 10.2. The Balaban J connectivity index is 2.54. The molecule has 1 heterocycles. The third kappa shape index (κ3) is 2.25. The Morgan fingerprint density at radius 1 is 1.42 bits per heavy atom. The standard InChI is InChI=1S/C13H13F2NO3/c1-3-6-19-13(17)16-5-4-8-11(15)10(18-2)7-9(14)12(8)16/h4-5,7H,3,6H2,1-2H3. The average molecular weight is 269 g/mol. The van der Waals surface area contributed by atoms with Crippen molar-refractivity contribution in [2.75, 3.05) is 13.7 Å². The van der Waals surface area contributed by atoms with Gasteiger partial charge in [-0.25, -0.2) is 18.1 Å². The fourth-order valence-electron chi connectivity index (χ4n) is 1.79. The Bertz CT molecular complexity index is 622. The summed E-state index contributed by atoms with van der Waals surface area (Å²) in [7, 11) is 1.25. The van der Waals surface area contributed by atoms with Crippen LogP contribution in [0.3, 0.4) is 0 Å². The number of halogens is 2. The minimum Gasteiger partial charge on any atom is -0.494 e. The zero-order valence-electron chi connectivity index (χ0n) is 10.6. The molecule has 0 aliphatic carbocycles. The predicted molar refractivity (Wildman–Crippen MR) is 65.4 cm³/mol. The van der Waals surface area contributed by atoms with Crippen LogP contribution in [0.15, 0.2) is 18.3 Å². The number of aromatic nitrogens is 1. The molecule has 1 aromatic heterocycles. The monoisotopic (exact) mass is 269 g/mol. The van der Waals surface area contributed by atoms with Crippen molar-refractivity contribution in [3.05, 3.63) is 30.0 Å². The van der Waals surface area contributed by atoms with Crippen molar-refractivity contribution in [1.82, 2.24) is 4.57 Å². The van der Waals surface area contributed by atoms with Gasteiger partial charge in [-0.15, -0.1) is 0 Å². The number of hydrogen-bond acceptors (Lipinski definition) is 3. The maximum Gasteiger partial charge on any atom is 0.418 e. The smallest absolute Gasteiger partial charge is 0.418 e. The summed E-state index contributed by atoms with van der Waals surface area (Å²) in [6, 6.07) is 2.21. The highest BCUT2D eigenvalue weighted by Gasteiger charge is 2.19. The molecule has 0 aliphatic heterocycles. The second kappa shape index (κ2) is 5.26. The molecule has 0 amide bonds. The van der Waals surface area contributed by atoms with Gasteiger partial charge in [-0.1, -0.05) is 6.92 Å². The number of nitrogens with zero attached hydrogens (tertiary/aromatic N) is 1. The molecule has 0 saturated carbocycles. The van der Waals surface area contributed by atoms with Crippen LogP contribution in [0.2, 0.25) is 0 Å². The van der Waals surface area contributed by atoms with E-state index >= 15 is 0 Å². The number of rotatable bonds is 3. The van der Waals surface area contributed by atoms with Crippen LogP contribution in [0.4, 0.5) is 13.6 Å². The Labute approximate surface area is 108 Å². The van der Waals surface area contributed by atoms with Crippen molar-refractivity contribution in [2.45, 2.75) is 13.3 Å². The predicted octanol–water partition coefficient (Wildman–Crippen LogP) is 3.32. The van der Waals surface area contributed by atoms with Gasteiger partial charge >= 0.3 is 6.09 Å². The molecular formula is C13H13F2NO3. The van der Waals surface area contributed by atoms with Gasteiger partial charge in [-0.3, -0.25) is 0 Å². The third-order valence-corrected chi connectivity index (χ3v) is 2.67. The van der Waals surface area contributed by atoms with Crippen molar-refractivity contribution < 1.29 is 23.0 Å². The first kappa shape index (κ1) is 13.3. The molecule has 4 nitrogen and oxygen atoms in total. The summed E-state index contributed by atoms with van der Waals surface area (Å²) < 4.78 is 38.4. The van der Waals surface area contributed by atoms with E-state index in [1.165, 1.54) is 19.4 Å². The molecule has 102 valence electrons. The van der Waals surface area contributed by atoms with Crippen LogP contribution in [0.5, 0.6) is 5.75 Å². The van der Waals surface area contributed by atoms with E-state index in [1.54, 1.807) is 0 Å².